The fourth-order valence-corrected chi connectivity index (χ4v) is 3.77. The lowest BCUT2D eigenvalue weighted by Crippen LogP contribution is -2.13. The zero-order valence-corrected chi connectivity index (χ0v) is 21.0. The van der Waals surface area contributed by atoms with E-state index in [9.17, 15) is 10.1 Å². The molecular weight excluding hydrogens is 496 g/mol. The van der Waals surface area contributed by atoms with Crippen LogP contribution in [-0.2, 0) is 11.4 Å². The highest BCUT2D eigenvalue weighted by molar-refractivity contribution is 9.10. The molecule has 0 spiro atoms. The van der Waals surface area contributed by atoms with Crippen molar-refractivity contribution < 1.29 is 19.0 Å². The average Bonchev–Trinajstić information content (AvgIpc) is 2.84. The van der Waals surface area contributed by atoms with Gasteiger partial charge < -0.3 is 19.5 Å². The van der Waals surface area contributed by atoms with Crippen LogP contribution in [0.5, 0.6) is 17.2 Å². The lowest BCUT2D eigenvalue weighted by molar-refractivity contribution is -0.112. The van der Waals surface area contributed by atoms with Gasteiger partial charge in [0, 0.05) is 5.69 Å². The molecule has 0 aliphatic carbocycles. The molecule has 34 heavy (non-hydrogen) atoms. The van der Waals surface area contributed by atoms with Crippen LogP contribution in [0.4, 0.5) is 5.69 Å². The quantitative estimate of drug-likeness (QED) is 0.282. The maximum absolute atomic E-state index is 12.6. The summed E-state index contributed by atoms with van der Waals surface area (Å²) in [6.07, 6.45) is 1.50. The van der Waals surface area contributed by atoms with Crippen LogP contribution in [-0.4, -0.2) is 20.1 Å². The van der Waals surface area contributed by atoms with Gasteiger partial charge in [-0.25, -0.2) is 0 Å². The van der Waals surface area contributed by atoms with E-state index in [-0.39, 0.29) is 5.57 Å². The van der Waals surface area contributed by atoms with Crippen LogP contribution in [0, 0.1) is 25.2 Å². The maximum Gasteiger partial charge on any atom is 0.266 e. The van der Waals surface area contributed by atoms with Crippen molar-refractivity contribution in [2.24, 2.45) is 0 Å². The van der Waals surface area contributed by atoms with Gasteiger partial charge in [0.25, 0.3) is 5.91 Å². The van der Waals surface area contributed by atoms with Gasteiger partial charge in [-0.15, -0.1) is 0 Å². The van der Waals surface area contributed by atoms with Crippen molar-refractivity contribution in [1.82, 2.24) is 0 Å². The number of ether oxygens (including phenoxy) is 3. The molecule has 1 N–H and O–H groups in total. The zero-order chi connectivity index (χ0) is 24.7. The molecule has 0 radical (unpaired) electrons. The highest BCUT2D eigenvalue weighted by Crippen LogP contribution is 2.38. The molecule has 0 aliphatic heterocycles. The van der Waals surface area contributed by atoms with Crippen molar-refractivity contribution in [3.05, 3.63) is 86.9 Å². The monoisotopic (exact) mass is 520 g/mol. The van der Waals surface area contributed by atoms with Gasteiger partial charge >= 0.3 is 0 Å². The molecule has 174 valence electrons. The van der Waals surface area contributed by atoms with Gasteiger partial charge in [-0.05, 0) is 94.5 Å². The van der Waals surface area contributed by atoms with Gasteiger partial charge in [-0.1, -0.05) is 18.2 Å². The first-order valence-electron chi connectivity index (χ1n) is 10.5. The van der Waals surface area contributed by atoms with Crippen molar-refractivity contribution in [3.8, 4) is 23.3 Å². The molecule has 6 nitrogen and oxygen atoms in total. The summed E-state index contributed by atoms with van der Waals surface area (Å²) in [5.41, 5.74) is 4.59. The Morgan fingerprint density at radius 1 is 1.03 bits per heavy atom. The number of nitrogens with zero attached hydrogens (tertiary/aromatic N) is 1. The molecule has 0 atom stereocenters. The number of carbonyl (C=O) groups is 1. The number of rotatable bonds is 8. The summed E-state index contributed by atoms with van der Waals surface area (Å²) in [6.45, 7) is 4.51. The number of benzene rings is 3. The fourth-order valence-electron chi connectivity index (χ4n) is 3.20. The normalized spacial score (nSPS) is 10.9. The number of amides is 1. The first kappa shape index (κ1) is 24.9. The Hall–Kier alpha value is -3.76. The van der Waals surface area contributed by atoms with Gasteiger partial charge in [-0.3, -0.25) is 4.79 Å². The van der Waals surface area contributed by atoms with E-state index in [1.165, 1.54) is 17.2 Å². The minimum absolute atomic E-state index is 0.0476. The summed E-state index contributed by atoms with van der Waals surface area (Å²) in [7, 11) is 3.11. The van der Waals surface area contributed by atoms with Crippen molar-refractivity contribution in [2.75, 3.05) is 19.5 Å². The smallest absolute Gasteiger partial charge is 0.266 e. The molecule has 3 rings (SSSR count). The van der Waals surface area contributed by atoms with E-state index in [0.717, 1.165) is 5.56 Å². The number of nitrogens with one attached hydrogen (secondary N) is 1. The van der Waals surface area contributed by atoms with Gasteiger partial charge in [0.15, 0.2) is 11.5 Å². The molecule has 3 aromatic carbocycles. The summed E-state index contributed by atoms with van der Waals surface area (Å²) < 4.78 is 17.3. The molecule has 3 aromatic rings. The highest BCUT2D eigenvalue weighted by atomic mass is 79.9. The zero-order valence-electron chi connectivity index (χ0n) is 19.4. The molecular formula is C27H25BrN2O4. The minimum atomic E-state index is -0.516. The molecule has 0 saturated carbocycles. The third kappa shape index (κ3) is 6.18. The molecule has 0 bridgehead atoms. The second-order valence-corrected chi connectivity index (χ2v) is 8.45. The molecule has 0 saturated heterocycles. The van der Waals surface area contributed by atoms with E-state index in [1.54, 1.807) is 50.6 Å². The number of methoxy groups -OCH3 is 2. The Labute approximate surface area is 207 Å². The SMILES string of the molecule is COc1ccc(NC(=O)/C(C#N)=C/c2cc(Br)c(OCc3ccc(C)c(C)c3)c(OC)c2)cc1. The lowest BCUT2D eigenvalue weighted by Gasteiger charge is -2.14. The van der Waals surface area contributed by atoms with Gasteiger partial charge in [0.05, 0.1) is 18.7 Å². The van der Waals surface area contributed by atoms with Crippen molar-refractivity contribution in [3.63, 3.8) is 0 Å². The third-order valence-corrected chi connectivity index (χ3v) is 5.82. The second-order valence-electron chi connectivity index (χ2n) is 7.59. The Bertz CT molecular complexity index is 1260. The number of hydrogen-bond donors (Lipinski definition) is 1. The van der Waals surface area contributed by atoms with Crippen LogP contribution in [0.25, 0.3) is 6.08 Å². The van der Waals surface area contributed by atoms with Crippen LogP contribution in [0.2, 0.25) is 0 Å². The van der Waals surface area contributed by atoms with E-state index in [4.69, 9.17) is 14.2 Å². The van der Waals surface area contributed by atoms with Gasteiger partial charge in [0.1, 0.15) is 24.0 Å². The van der Waals surface area contributed by atoms with Crippen LogP contribution in [0.1, 0.15) is 22.3 Å². The predicted octanol–water partition coefficient (Wildman–Crippen LogP) is 6.21. The van der Waals surface area contributed by atoms with E-state index >= 15 is 0 Å². The first-order valence-corrected chi connectivity index (χ1v) is 11.3. The topological polar surface area (TPSA) is 80.6 Å². The Morgan fingerprint density at radius 2 is 1.76 bits per heavy atom. The number of anilines is 1. The number of halogens is 1. The van der Waals surface area contributed by atoms with E-state index in [1.807, 2.05) is 12.1 Å². The average molecular weight is 521 g/mol. The highest BCUT2D eigenvalue weighted by Gasteiger charge is 2.14. The molecule has 7 heteroatoms. The standard InChI is InChI=1S/C27H25BrN2O4/c1-17-5-6-19(11-18(17)2)16-34-26-24(28)13-20(14-25(26)33-4)12-21(15-29)27(31)30-22-7-9-23(32-3)10-8-22/h5-14H,16H2,1-4H3,(H,30,31)/b21-12+. The second kappa shape index (κ2) is 11.4. The number of nitriles is 1. The summed E-state index contributed by atoms with van der Waals surface area (Å²) in [4.78, 5) is 12.6. The largest absolute Gasteiger partial charge is 0.497 e. The number of aryl methyl sites for hydroxylation is 2. The Morgan fingerprint density at radius 3 is 2.38 bits per heavy atom. The van der Waals surface area contributed by atoms with Crippen LogP contribution >= 0.6 is 15.9 Å². The molecule has 0 unspecified atom stereocenters. The van der Waals surface area contributed by atoms with Crippen LogP contribution in [0.3, 0.4) is 0 Å². The predicted molar refractivity (Wildman–Crippen MR) is 136 cm³/mol. The third-order valence-electron chi connectivity index (χ3n) is 5.23. The molecule has 0 fully saturated rings. The van der Waals surface area contributed by atoms with Crippen LogP contribution in [0.15, 0.2) is 64.6 Å². The number of hydrogen-bond acceptors (Lipinski definition) is 5. The first-order chi connectivity index (χ1) is 16.3. The molecule has 1 amide bonds. The van der Waals surface area contributed by atoms with Gasteiger partial charge in [0.2, 0.25) is 0 Å². The Kier molecular flexibility index (Phi) is 8.34. The van der Waals surface area contributed by atoms with Crippen molar-refractivity contribution in [2.45, 2.75) is 20.5 Å². The van der Waals surface area contributed by atoms with Gasteiger partial charge in [-0.2, -0.15) is 5.26 Å². The summed E-state index contributed by atoms with van der Waals surface area (Å²) in [6, 6.07) is 18.5. The van der Waals surface area contributed by atoms with Crippen molar-refractivity contribution in [1.29, 1.82) is 5.26 Å². The summed E-state index contributed by atoms with van der Waals surface area (Å²) >= 11 is 3.53. The summed E-state index contributed by atoms with van der Waals surface area (Å²) in [5.74, 6) is 1.18. The maximum atomic E-state index is 12.6. The van der Waals surface area contributed by atoms with E-state index in [2.05, 4.69) is 47.2 Å². The fraction of sp³-hybridized carbons (Fsp3) is 0.185. The Balaban J connectivity index is 1.79. The van der Waals surface area contributed by atoms with E-state index < -0.39 is 5.91 Å². The lowest BCUT2D eigenvalue weighted by atomic mass is 10.1. The van der Waals surface area contributed by atoms with Crippen molar-refractivity contribution >= 4 is 33.6 Å². The minimum Gasteiger partial charge on any atom is -0.497 e. The van der Waals surface area contributed by atoms with E-state index in [0.29, 0.717) is 39.6 Å². The molecule has 0 aromatic heterocycles. The molecule has 0 aliphatic rings. The number of carbonyl (C=O) groups excluding carboxylic acids is 1. The van der Waals surface area contributed by atoms with Crippen LogP contribution < -0.4 is 19.5 Å². The molecule has 0 heterocycles. The summed E-state index contributed by atoms with van der Waals surface area (Å²) in [5, 5.41) is 12.3.